The van der Waals surface area contributed by atoms with E-state index >= 15 is 0 Å². The molecule has 2 aliphatic heterocycles. The van der Waals surface area contributed by atoms with Gasteiger partial charge in [0.2, 0.25) is 5.91 Å². The van der Waals surface area contributed by atoms with Gasteiger partial charge in [-0.1, -0.05) is 42.5 Å². The van der Waals surface area contributed by atoms with Crippen LogP contribution in [0.3, 0.4) is 0 Å². The maximum atomic E-state index is 12.9. The van der Waals surface area contributed by atoms with E-state index in [0.29, 0.717) is 24.7 Å². The second-order valence-corrected chi connectivity index (χ2v) is 7.65. The van der Waals surface area contributed by atoms with Gasteiger partial charge in [0.15, 0.2) is 0 Å². The highest BCUT2D eigenvalue weighted by Crippen LogP contribution is 2.30. The molecule has 1 saturated heterocycles. The number of halogens is 3. The normalized spacial score (nSPS) is 20.2. The van der Waals surface area contributed by atoms with Crippen LogP contribution in [-0.4, -0.2) is 41.4 Å². The molecule has 0 radical (unpaired) electrons. The highest BCUT2D eigenvalue weighted by Gasteiger charge is 2.33. The maximum Gasteiger partial charge on any atom is 0.416 e. The summed E-state index contributed by atoms with van der Waals surface area (Å²) in [5.41, 5.74) is 2.45. The van der Waals surface area contributed by atoms with Crippen molar-refractivity contribution in [2.45, 2.75) is 38.0 Å². The molecule has 0 N–H and O–H groups in total. The standard InChI is InChI=1S/C22H23F3N2O/c23-22(24,25)19-7-3-4-16(12-19)13-21(28)27-11-9-20(15-27)26-10-8-17-5-1-2-6-18(17)14-26/h1-7,12,20H,8-11,13-15H2. The van der Waals surface area contributed by atoms with Crippen molar-refractivity contribution in [3.63, 3.8) is 0 Å². The average Bonchev–Trinajstić information content (AvgIpc) is 3.17. The molecule has 0 saturated carbocycles. The van der Waals surface area contributed by atoms with Crippen LogP contribution in [0.2, 0.25) is 0 Å². The molecule has 2 aromatic carbocycles. The van der Waals surface area contributed by atoms with Crippen LogP contribution in [0.4, 0.5) is 13.2 Å². The van der Waals surface area contributed by atoms with E-state index in [2.05, 4.69) is 29.2 Å². The fraction of sp³-hybridized carbons (Fsp3) is 0.409. The second-order valence-electron chi connectivity index (χ2n) is 7.65. The van der Waals surface area contributed by atoms with E-state index in [1.807, 2.05) is 0 Å². The zero-order chi connectivity index (χ0) is 19.7. The molecule has 1 amide bonds. The van der Waals surface area contributed by atoms with Crippen molar-refractivity contribution >= 4 is 5.91 Å². The summed E-state index contributed by atoms with van der Waals surface area (Å²) in [7, 11) is 0. The van der Waals surface area contributed by atoms with Gasteiger partial charge in [-0.25, -0.2) is 0 Å². The molecule has 0 spiro atoms. The van der Waals surface area contributed by atoms with Crippen LogP contribution in [0.5, 0.6) is 0 Å². The minimum atomic E-state index is -4.39. The van der Waals surface area contributed by atoms with E-state index in [0.717, 1.165) is 38.1 Å². The molecular formula is C22H23F3N2O. The summed E-state index contributed by atoms with van der Waals surface area (Å²) >= 11 is 0. The Kier molecular flexibility index (Phi) is 5.15. The molecule has 1 unspecified atom stereocenters. The lowest BCUT2D eigenvalue weighted by atomic mass is 9.98. The number of amides is 1. The summed E-state index contributed by atoms with van der Waals surface area (Å²) < 4.78 is 38.6. The Labute approximate surface area is 162 Å². The van der Waals surface area contributed by atoms with E-state index in [9.17, 15) is 18.0 Å². The van der Waals surface area contributed by atoms with E-state index in [-0.39, 0.29) is 12.3 Å². The second kappa shape index (κ2) is 7.59. The molecule has 0 bridgehead atoms. The third-order valence-corrected chi connectivity index (χ3v) is 5.80. The zero-order valence-corrected chi connectivity index (χ0v) is 15.6. The summed E-state index contributed by atoms with van der Waals surface area (Å²) in [6.07, 6.45) is -2.44. The van der Waals surface area contributed by atoms with Crippen LogP contribution >= 0.6 is 0 Å². The average molecular weight is 388 g/mol. The molecule has 3 nitrogen and oxygen atoms in total. The predicted octanol–water partition coefficient (Wildman–Crippen LogP) is 3.91. The third-order valence-electron chi connectivity index (χ3n) is 5.80. The number of likely N-dealkylation sites (tertiary alicyclic amines) is 1. The third kappa shape index (κ3) is 4.07. The molecule has 2 aliphatic rings. The number of carbonyl (C=O) groups excluding carboxylic acids is 1. The molecule has 6 heteroatoms. The highest BCUT2D eigenvalue weighted by atomic mass is 19.4. The lowest BCUT2D eigenvalue weighted by Gasteiger charge is -2.33. The van der Waals surface area contributed by atoms with Gasteiger partial charge in [-0.3, -0.25) is 9.69 Å². The van der Waals surface area contributed by atoms with Gasteiger partial charge < -0.3 is 4.90 Å². The Hall–Kier alpha value is -2.34. The van der Waals surface area contributed by atoms with Crippen molar-refractivity contribution in [3.05, 3.63) is 70.8 Å². The fourth-order valence-corrected chi connectivity index (χ4v) is 4.24. The Morgan fingerprint density at radius 1 is 1.04 bits per heavy atom. The molecule has 1 atom stereocenters. The Morgan fingerprint density at radius 2 is 1.82 bits per heavy atom. The first kappa shape index (κ1) is 19.0. The fourth-order valence-electron chi connectivity index (χ4n) is 4.24. The molecule has 148 valence electrons. The number of hydrogen-bond donors (Lipinski definition) is 0. The molecule has 2 heterocycles. The van der Waals surface area contributed by atoms with Gasteiger partial charge in [0, 0.05) is 32.2 Å². The Morgan fingerprint density at radius 3 is 2.61 bits per heavy atom. The van der Waals surface area contributed by atoms with Crippen LogP contribution < -0.4 is 0 Å². The van der Waals surface area contributed by atoms with Crippen LogP contribution in [0.15, 0.2) is 48.5 Å². The van der Waals surface area contributed by atoms with Gasteiger partial charge in [0.25, 0.3) is 0 Å². The number of rotatable bonds is 3. The van der Waals surface area contributed by atoms with Gasteiger partial charge in [0.05, 0.1) is 12.0 Å². The molecular weight excluding hydrogens is 365 g/mol. The van der Waals surface area contributed by atoms with E-state index in [1.165, 1.54) is 17.2 Å². The lowest BCUT2D eigenvalue weighted by molar-refractivity contribution is -0.138. The SMILES string of the molecule is O=C(Cc1cccc(C(F)(F)F)c1)N1CCC(N2CCc3ccccc3C2)C1. The van der Waals surface area contributed by atoms with Crippen molar-refractivity contribution in [3.8, 4) is 0 Å². The van der Waals surface area contributed by atoms with Crippen LogP contribution in [0.25, 0.3) is 0 Å². The molecule has 0 aromatic heterocycles. The minimum absolute atomic E-state index is 0.0134. The molecule has 4 rings (SSSR count). The van der Waals surface area contributed by atoms with Crippen molar-refractivity contribution in [2.75, 3.05) is 19.6 Å². The van der Waals surface area contributed by atoms with Crippen molar-refractivity contribution in [2.24, 2.45) is 0 Å². The van der Waals surface area contributed by atoms with Crippen molar-refractivity contribution in [1.82, 2.24) is 9.80 Å². The van der Waals surface area contributed by atoms with E-state index in [1.54, 1.807) is 11.0 Å². The zero-order valence-electron chi connectivity index (χ0n) is 15.6. The van der Waals surface area contributed by atoms with Crippen LogP contribution in [0, 0.1) is 0 Å². The number of hydrogen-bond acceptors (Lipinski definition) is 2. The van der Waals surface area contributed by atoms with Gasteiger partial charge >= 0.3 is 6.18 Å². The van der Waals surface area contributed by atoms with Gasteiger partial charge in [-0.05, 0) is 35.6 Å². The molecule has 28 heavy (non-hydrogen) atoms. The monoisotopic (exact) mass is 388 g/mol. The lowest BCUT2D eigenvalue weighted by Crippen LogP contribution is -2.41. The predicted molar refractivity (Wildman–Crippen MR) is 101 cm³/mol. The van der Waals surface area contributed by atoms with Crippen LogP contribution in [0.1, 0.15) is 28.7 Å². The molecule has 2 aromatic rings. The van der Waals surface area contributed by atoms with E-state index in [4.69, 9.17) is 0 Å². The first-order chi connectivity index (χ1) is 13.4. The molecule has 0 aliphatic carbocycles. The molecule has 1 fully saturated rings. The van der Waals surface area contributed by atoms with Gasteiger partial charge in [0.1, 0.15) is 0 Å². The Bertz CT molecular complexity index is 865. The van der Waals surface area contributed by atoms with Gasteiger partial charge in [-0.2, -0.15) is 13.2 Å². The summed E-state index contributed by atoms with van der Waals surface area (Å²) in [5.74, 6) is -0.0979. The number of nitrogens with zero attached hydrogens (tertiary/aromatic N) is 2. The van der Waals surface area contributed by atoms with Crippen molar-refractivity contribution < 1.29 is 18.0 Å². The largest absolute Gasteiger partial charge is 0.416 e. The number of benzene rings is 2. The number of carbonyl (C=O) groups is 1. The first-order valence-electron chi connectivity index (χ1n) is 9.65. The summed E-state index contributed by atoms with van der Waals surface area (Å²) in [6, 6.07) is 13.8. The number of alkyl halides is 3. The highest BCUT2D eigenvalue weighted by molar-refractivity contribution is 5.79. The van der Waals surface area contributed by atoms with Crippen molar-refractivity contribution in [1.29, 1.82) is 0 Å². The smallest absolute Gasteiger partial charge is 0.341 e. The summed E-state index contributed by atoms with van der Waals surface area (Å²) in [4.78, 5) is 16.9. The van der Waals surface area contributed by atoms with Crippen LogP contribution in [-0.2, 0) is 30.4 Å². The Balaban J connectivity index is 1.36. The number of fused-ring (bicyclic) bond motifs is 1. The summed E-state index contributed by atoms with van der Waals surface area (Å²) in [5, 5.41) is 0. The summed E-state index contributed by atoms with van der Waals surface area (Å²) in [6.45, 7) is 3.20. The quantitative estimate of drug-likeness (QED) is 0.796. The topological polar surface area (TPSA) is 23.6 Å². The minimum Gasteiger partial charge on any atom is -0.341 e. The maximum absolute atomic E-state index is 12.9. The van der Waals surface area contributed by atoms with E-state index < -0.39 is 11.7 Å². The van der Waals surface area contributed by atoms with Gasteiger partial charge in [-0.15, -0.1) is 0 Å². The first-order valence-corrected chi connectivity index (χ1v) is 9.65.